The number of ketones is 1. The molecule has 2 rings (SSSR count). The van der Waals surface area contributed by atoms with Gasteiger partial charge >= 0.3 is 0 Å². The van der Waals surface area contributed by atoms with E-state index in [9.17, 15) is 4.79 Å². The average molecular weight is 230 g/mol. The largest absolute Gasteiger partial charge is 0.293 e. The van der Waals surface area contributed by atoms with Crippen LogP contribution in [0.5, 0.6) is 0 Å². The van der Waals surface area contributed by atoms with Gasteiger partial charge in [0.05, 0.1) is 0 Å². The highest BCUT2D eigenvalue weighted by molar-refractivity contribution is 6.34. The molecule has 0 saturated carbocycles. The van der Waals surface area contributed by atoms with Gasteiger partial charge < -0.3 is 0 Å². The smallest absolute Gasteiger partial charge is 0.242 e. The monoisotopic (exact) mass is 229 g/mol. The number of fused-ring (bicyclic) bond motifs is 1. The van der Waals surface area contributed by atoms with Gasteiger partial charge in [-0.1, -0.05) is 11.6 Å². The lowest BCUT2D eigenvalue weighted by molar-refractivity contribution is 0.101. The Morgan fingerprint density at radius 2 is 2.14 bits per heavy atom. The maximum Gasteiger partial charge on any atom is 0.242 e. The van der Waals surface area contributed by atoms with Gasteiger partial charge in [-0.3, -0.25) is 4.79 Å². The van der Waals surface area contributed by atoms with Crippen molar-refractivity contribution in [3.63, 3.8) is 0 Å². The van der Waals surface area contributed by atoms with E-state index in [1.165, 1.54) is 11.4 Å². The van der Waals surface area contributed by atoms with Crippen LogP contribution in [0.3, 0.4) is 0 Å². The Labute approximate surface area is 89.5 Å². The summed E-state index contributed by atoms with van der Waals surface area (Å²) < 4.78 is 1.39. The van der Waals surface area contributed by atoms with Crippen molar-refractivity contribution in [1.29, 1.82) is 0 Å². The van der Waals surface area contributed by atoms with E-state index in [1.54, 1.807) is 12.1 Å². The molecule has 0 aromatic carbocycles. The molecule has 0 aliphatic carbocycles. The second-order valence-electron chi connectivity index (χ2n) is 2.74. The molecular formula is C8H5Cl2N3O. The second kappa shape index (κ2) is 3.22. The third-order valence-corrected chi connectivity index (χ3v) is 2.24. The van der Waals surface area contributed by atoms with Gasteiger partial charge in [0.25, 0.3) is 0 Å². The Kier molecular flexibility index (Phi) is 2.17. The third-order valence-electron chi connectivity index (χ3n) is 1.80. The fourth-order valence-corrected chi connectivity index (χ4v) is 1.63. The van der Waals surface area contributed by atoms with Crippen LogP contribution in [0.1, 0.15) is 17.4 Å². The lowest BCUT2D eigenvalue weighted by Gasteiger charge is -1.99. The maximum atomic E-state index is 11.2. The number of aromatic nitrogens is 3. The van der Waals surface area contributed by atoms with E-state index < -0.39 is 0 Å². The molecule has 4 nitrogen and oxygen atoms in total. The molecule has 0 N–H and O–H groups in total. The molecule has 2 aromatic heterocycles. The van der Waals surface area contributed by atoms with Crippen LogP contribution in [0, 0.1) is 0 Å². The van der Waals surface area contributed by atoms with E-state index in [-0.39, 0.29) is 16.2 Å². The van der Waals surface area contributed by atoms with Crippen molar-refractivity contribution in [2.24, 2.45) is 0 Å². The summed E-state index contributed by atoms with van der Waals surface area (Å²) >= 11 is 11.4. The van der Waals surface area contributed by atoms with E-state index in [0.29, 0.717) is 11.2 Å². The molecule has 2 heterocycles. The van der Waals surface area contributed by atoms with Crippen molar-refractivity contribution >= 4 is 34.5 Å². The number of nitrogens with zero attached hydrogens (tertiary/aromatic N) is 3. The third kappa shape index (κ3) is 1.36. The molecule has 0 unspecified atom stereocenters. The molecule has 0 atom stereocenters. The van der Waals surface area contributed by atoms with Gasteiger partial charge in [0.1, 0.15) is 11.2 Å². The average Bonchev–Trinajstić information content (AvgIpc) is 2.47. The summed E-state index contributed by atoms with van der Waals surface area (Å²) in [5.41, 5.74) is 1.01. The summed E-state index contributed by atoms with van der Waals surface area (Å²) in [6, 6.07) is 3.31. The first-order valence-electron chi connectivity index (χ1n) is 3.81. The number of carbonyl (C=O) groups is 1. The Bertz CT molecular complexity index is 521. The molecular weight excluding hydrogens is 225 g/mol. The highest BCUT2D eigenvalue weighted by Crippen LogP contribution is 2.18. The van der Waals surface area contributed by atoms with Crippen molar-refractivity contribution < 1.29 is 4.79 Å². The molecule has 0 radical (unpaired) electrons. The van der Waals surface area contributed by atoms with E-state index in [1.807, 2.05) is 0 Å². The van der Waals surface area contributed by atoms with Gasteiger partial charge in [-0.05, 0) is 23.7 Å². The van der Waals surface area contributed by atoms with Crippen LogP contribution in [0.2, 0.25) is 10.4 Å². The Hall–Kier alpha value is -1.13. The van der Waals surface area contributed by atoms with E-state index >= 15 is 0 Å². The van der Waals surface area contributed by atoms with Gasteiger partial charge in [0.15, 0.2) is 10.9 Å². The maximum absolute atomic E-state index is 11.2. The van der Waals surface area contributed by atoms with E-state index in [4.69, 9.17) is 23.2 Å². The van der Waals surface area contributed by atoms with Gasteiger partial charge in [-0.15, -0.1) is 5.10 Å². The molecule has 0 spiro atoms. The molecule has 0 aliphatic heterocycles. The summed E-state index contributed by atoms with van der Waals surface area (Å²) in [7, 11) is 0. The highest BCUT2D eigenvalue weighted by atomic mass is 35.5. The van der Waals surface area contributed by atoms with Crippen LogP contribution >= 0.6 is 23.2 Å². The zero-order chi connectivity index (χ0) is 10.3. The standard InChI is InChI=1S/C8H5Cl2N3O/c1-4(14)5-2-3-6-7(9)11-8(10)12-13(5)6/h2-3H,1H3. The minimum Gasteiger partial charge on any atom is -0.293 e. The lowest BCUT2D eigenvalue weighted by Crippen LogP contribution is -2.03. The normalized spacial score (nSPS) is 10.8. The number of Topliss-reactive ketones (excluding diaryl/α,β-unsaturated/α-hetero) is 1. The topological polar surface area (TPSA) is 47.3 Å². The molecule has 72 valence electrons. The summed E-state index contributed by atoms with van der Waals surface area (Å²) in [5.74, 6) is -0.101. The Morgan fingerprint density at radius 3 is 2.79 bits per heavy atom. The lowest BCUT2D eigenvalue weighted by atomic mass is 10.3. The van der Waals surface area contributed by atoms with Crippen LogP contribution in [0.25, 0.3) is 5.52 Å². The number of hydrogen-bond acceptors (Lipinski definition) is 3. The van der Waals surface area contributed by atoms with Crippen LogP contribution in [-0.4, -0.2) is 20.4 Å². The van der Waals surface area contributed by atoms with Gasteiger partial charge in [0.2, 0.25) is 5.28 Å². The fraction of sp³-hybridized carbons (Fsp3) is 0.125. The molecule has 14 heavy (non-hydrogen) atoms. The minimum absolute atomic E-state index is 0.0150. The first-order valence-corrected chi connectivity index (χ1v) is 4.57. The van der Waals surface area contributed by atoms with Crippen LogP contribution in [-0.2, 0) is 0 Å². The predicted octanol–water partition coefficient (Wildman–Crippen LogP) is 2.24. The van der Waals surface area contributed by atoms with Crippen LogP contribution < -0.4 is 0 Å². The second-order valence-corrected chi connectivity index (χ2v) is 3.44. The van der Waals surface area contributed by atoms with Gasteiger partial charge in [0, 0.05) is 6.92 Å². The van der Waals surface area contributed by atoms with Crippen LogP contribution in [0.4, 0.5) is 0 Å². The zero-order valence-corrected chi connectivity index (χ0v) is 8.67. The number of carbonyl (C=O) groups excluding carboxylic acids is 1. The molecule has 0 aliphatic rings. The Balaban J connectivity index is 2.85. The van der Waals surface area contributed by atoms with Crippen molar-refractivity contribution in [3.05, 3.63) is 28.3 Å². The molecule has 0 saturated heterocycles. The van der Waals surface area contributed by atoms with Crippen LogP contribution in [0.15, 0.2) is 12.1 Å². The fourth-order valence-electron chi connectivity index (χ4n) is 1.20. The first kappa shape index (κ1) is 9.43. The number of hydrogen-bond donors (Lipinski definition) is 0. The quantitative estimate of drug-likeness (QED) is 0.705. The van der Waals surface area contributed by atoms with Crippen molar-refractivity contribution in [1.82, 2.24) is 14.6 Å². The minimum atomic E-state index is -0.101. The molecule has 6 heteroatoms. The van der Waals surface area contributed by atoms with E-state index in [0.717, 1.165) is 0 Å². The predicted molar refractivity (Wildman–Crippen MR) is 53.0 cm³/mol. The van der Waals surface area contributed by atoms with Crippen molar-refractivity contribution in [2.75, 3.05) is 0 Å². The highest BCUT2D eigenvalue weighted by Gasteiger charge is 2.11. The summed E-state index contributed by atoms with van der Waals surface area (Å²) in [5, 5.41) is 4.13. The first-order chi connectivity index (χ1) is 6.59. The SMILES string of the molecule is CC(=O)c1ccc2c(Cl)nc(Cl)nn12. The van der Waals surface area contributed by atoms with Gasteiger partial charge in [-0.2, -0.15) is 0 Å². The Morgan fingerprint density at radius 1 is 1.43 bits per heavy atom. The van der Waals surface area contributed by atoms with Crippen molar-refractivity contribution in [3.8, 4) is 0 Å². The number of halogens is 2. The van der Waals surface area contributed by atoms with Gasteiger partial charge in [-0.25, -0.2) is 9.50 Å². The summed E-state index contributed by atoms with van der Waals surface area (Å²) in [6.07, 6.45) is 0. The summed E-state index contributed by atoms with van der Waals surface area (Å²) in [4.78, 5) is 14.9. The molecule has 2 aromatic rings. The number of rotatable bonds is 1. The zero-order valence-electron chi connectivity index (χ0n) is 7.16. The summed E-state index contributed by atoms with van der Waals surface area (Å²) in [6.45, 7) is 1.45. The van der Waals surface area contributed by atoms with E-state index in [2.05, 4.69) is 10.1 Å². The van der Waals surface area contributed by atoms with Crippen molar-refractivity contribution in [2.45, 2.75) is 6.92 Å². The molecule has 0 fully saturated rings. The molecule has 0 bridgehead atoms. The molecule has 0 amide bonds.